The van der Waals surface area contributed by atoms with Crippen LogP contribution in [0.1, 0.15) is 30.5 Å². The number of alkyl halides is 2. The predicted octanol–water partition coefficient (Wildman–Crippen LogP) is 4.62. The molecule has 1 rings (SSSR count). The van der Waals surface area contributed by atoms with E-state index in [1.54, 1.807) is 26.0 Å². The summed E-state index contributed by atoms with van der Waals surface area (Å²) in [7, 11) is -4.52. The van der Waals surface area contributed by atoms with Gasteiger partial charge in [0.2, 0.25) is 0 Å². The van der Waals surface area contributed by atoms with Gasteiger partial charge in [-0.3, -0.25) is 4.57 Å². The molecule has 0 heterocycles. The van der Waals surface area contributed by atoms with Gasteiger partial charge < -0.3 is 9.05 Å². The van der Waals surface area contributed by atoms with Gasteiger partial charge in [0.05, 0.1) is 13.2 Å². The normalized spacial score (nSPS) is 12.7. The zero-order valence-electron chi connectivity index (χ0n) is 11.6. The van der Waals surface area contributed by atoms with Crippen LogP contribution >= 0.6 is 7.60 Å². The first-order chi connectivity index (χ1) is 8.78. The minimum absolute atomic E-state index is 0.0994. The molecule has 19 heavy (non-hydrogen) atoms. The molecule has 0 aliphatic rings. The van der Waals surface area contributed by atoms with Crippen molar-refractivity contribution in [3.05, 3.63) is 34.9 Å². The molecule has 0 spiro atoms. The fraction of sp³-hybridized carbons (Fsp3) is 0.538. The highest BCUT2D eigenvalue weighted by Gasteiger charge is 2.55. The van der Waals surface area contributed by atoms with Crippen LogP contribution in [0.2, 0.25) is 0 Å². The average molecular weight is 292 g/mol. The number of hydrogen-bond donors (Lipinski definition) is 0. The molecule has 0 unspecified atom stereocenters. The zero-order valence-corrected chi connectivity index (χ0v) is 12.5. The predicted molar refractivity (Wildman–Crippen MR) is 70.7 cm³/mol. The van der Waals surface area contributed by atoms with Crippen molar-refractivity contribution in [2.45, 2.75) is 33.4 Å². The summed E-state index contributed by atoms with van der Waals surface area (Å²) in [5.74, 6) is 0. The lowest BCUT2D eigenvalue weighted by Crippen LogP contribution is -2.19. The van der Waals surface area contributed by atoms with E-state index >= 15 is 0 Å². The molecule has 0 aliphatic carbocycles. The maximum Gasteiger partial charge on any atom is 0.404 e. The van der Waals surface area contributed by atoms with Crippen molar-refractivity contribution in [3.8, 4) is 0 Å². The molecule has 0 aromatic heterocycles. The van der Waals surface area contributed by atoms with Gasteiger partial charge in [0, 0.05) is 5.56 Å². The average Bonchev–Trinajstić information content (AvgIpc) is 2.28. The Hall–Kier alpha value is -0.770. The van der Waals surface area contributed by atoms with Crippen molar-refractivity contribution < 1.29 is 22.4 Å². The second-order valence-electron chi connectivity index (χ2n) is 4.19. The van der Waals surface area contributed by atoms with E-state index in [2.05, 4.69) is 0 Å². The molecule has 0 saturated carbocycles. The van der Waals surface area contributed by atoms with E-state index in [1.807, 2.05) is 0 Å². The molecule has 0 radical (unpaired) electrons. The first-order valence-corrected chi connectivity index (χ1v) is 7.67. The van der Waals surface area contributed by atoms with Crippen LogP contribution in [0.5, 0.6) is 0 Å². The van der Waals surface area contributed by atoms with Crippen molar-refractivity contribution in [1.29, 1.82) is 0 Å². The van der Waals surface area contributed by atoms with E-state index in [9.17, 15) is 13.3 Å². The summed E-state index contributed by atoms with van der Waals surface area (Å²) in [6.07, 6.45) is 0. The summed E-state index contributed by atoms with van der Waals surface area (Å²) < 4.78 is 50.7. The summed E-state index contributed by atoms with van der Waals surface area (Å²) in [5, 5.41) is 0. The molecule has 0 saturated heterocycles. The quantitative estimate of drug-likeness (QED) is 0.718. The lowest BCUT2D eigenvalue weighted by molar-refractivity contribution is 0.0355. The molecule has 0 aliphatic heterocycles. The largest absolute Gasteiger partial charge is 0.404 e. The maximum atomic E-state index is 14.5. The Morgan fingerprint density at radius 1 is 1.16 bits per heavy atom. The fourth-order valence-corrected chi connectivity index (χ4v) is 3.46. The van der Waals surface area contributed by atoms with Gasteiger partial charge in [-0.1, -0.05) is 23.8 Å². The molecule has 0 amide bonds. The number of aryl methyl sites for hydroxylation is 2. The van der Waals surface area contributed by atoms with Gasteiger partial charge in [0.15, 0.2) is 0 Å². The minimum Gasteiger partial charge on any atom is -0.304 e. The molecule has 0 N–H and O–H groups in total. The van der Waals surface area contributed by atoms with E-state index in [0.717, 1.165) is 5.56 Å². The lowest BCUT2D eigenvalue weighted by Gasteiger charge is -2.27. The molecule has 108 valence electrons. The molecular formula is C13H19F2O3P. The fourth-order valence-electron chi connectivity index (χ4n) is 1.84. The van der Waals surface area contributed by atoms with Crippen LogP contribution in [-0.4, -0.2) is 13.2 Å². The Morgan fingerprint density at radius 2 is 1.68 bits per heavy atom. The van der Waals surface area contributed by atoms with Crippen LogP contribution in [-0.2, 0) is 19.3 Å². The van der Waals surface area contributed by atoms with Gasteiger partial charge in [0.1, 0.15) is 0 Å². The molecule has 0 atom stereocenters. The van der Waals surface area contributed by atoms with E-state index in [-0.39, 0.29) is 18.8 Å². The molecule has 0 fully saturated rings. The standard InChI is InChI=1S/C13H19F2O3P/c1-5-17-19(16,18-6-2)13(14,15)12-8-7-10(3)9-11(12)4/h7-9H,5-6H2,1-4H3. The number of benzene rings is 1. The van der Waals surface area contributed by atoms with Gasteiger partial charge in [-0.25, -0.2) is 0 Å². The molecule has 0 bridgehead atoms. The first-order valence-electron chi connectivity index (χ1n) is 6.13. The van der Waals surface area contributed by atoms with Crippen LogP contribution in [0.4, 0.5) is 8.78 Å². The van der Waals surface area contributed by atoms with Crippen LogP contribution in [0.25, 0.3) is 0 Å². The Morgan fingerprint density at radius 3 is 2.11 bits per heavy atom. The maximum absolute atomic E-state index is 14.5. The number of hydrogen-bond acceptors (Lipinski definition) is 3. The monoisotopic (exact) mass is 292 g/mol. The summed E-state index contributed by atoms with van der Waals surface area (Å²) in [5.41, 5.74) is -2.75. The van der Waals surface area contributed by atoms with Crippen LogP contribution in [0.3, 0.4) is 0 Å². The highest BCUT2D eigenvalue weighted by molar-refractivity contribution is 7.54. The lowest BCUT2D eigenvalue weighted by atomic mass is 10.1. The molecular weight excluding hydrogens is 273 g/mol. The van der Waals surface area contributed by atoms with Gasteiger partial charge in [-0.2, -0.15) is 8.78 Å². The molecule has 3 nitrogen and oxygen atoms in total. The Bertz CT molecular complexity index is 479. The molecule has 1 aromatic rings. The topological polar surface area (TPSA) is 35.5 Å². The second kappa shape index (κ2) is 6.12. The molecule has 6 heteroatoms. The summed E-state index contributed by atoms with van der Waals surface area (Å²) in [6.45, 7) is 6.17. The smallest absolute Gasteiger partial charge is 0.304 e. The Labute approximate surface area is 112 Å². The minimum atomic E-state index is -4.52. The zero-order chi connectivity index (χ0) is 14.7. The van der Waals surface area contributed by atoms with Gasteiger partial charge in [-0.15, -0.1) is 0 Å². The summed E-state index contributed by atoms with van der Waals surface area (Å²) in [4.78, 5) is 0. The van der Waals surface area contributed by atoms with Gasteiger partial charge in [-0.05, 0) is 33.3 Å². The van der Waals surface area contributed by atoms with Crippen LogP contribution < -0.4 is 0 Å². The SMILES string of the molecule is CCOP(=O)(OCC)C(F)(F)c1ccc(C)cc1C. The van der Waals surface area contributed by atoms with Crippen molar-refractivity contribution in [2.24, 2.45) is 0 Å². The first kappa shape index (κ1) is 16.3. The Balaban J connectivity index is 3.30. The van der Waals surface area contributed by atoms with Crippen molar-refractivity contribution in [2.75, 3.05) is 13.2 Å². The number of rotatable bonds is 6. The third-order valence-corrected chi connectivity index (χ3v) is 4.77. The highest BCUT2D eigenvalue weighted by Crippen LogP contribution is 2.67. The van der Waals surface area contributed by atoms with Gasteiger partial charge >= 0.3 is 13.3 Å². The van der Waals surface area contributed by atoms with Crippen molar-refractivity contribution in [3.63, 3.8) is 0 Å². The van der Waals surface area contributed by atoms with Crippen LogP contribution in [0.15, 0.2) is 18.2 Å². The van der Waals surface area contributed by atoms with Crippen molar-refractivity contribution in [1.82, 2.24) is 0 Å². The van der Waals surface area contributed by atoms with Crippen LogP contribution in [0, 0.1) is 13.8 Å². The summed E-state index contributed by atoms with van der Waals surface area (Å²) >= 11 is 0. The van der Waals surface area contributed by atoms with E-state index < -0.39 is 13.3 Å². The Kier molecular flexibility index (Phi) is 5.25. The van der Waals surface area contributed by atoms with Gasteiger partial charge in [0.25, 0.3) is 0 Å². The highest BCUT2D eigenvalue weighted by atomic mass is 31.2. The molecule has 1 aromatic carbocycles. The number of halogens is 2. The third-order valence-electron chi connectivity index (χ3n) is 2.65. The second-order valence-corrected chi connectivity index (χ2v) is 6.27. The van der Waals surface area contributed by atoms with E-state index in [4.69, 9.17) is 9.05 Å². The summed E-state index contributed by atoms with van der Waals surface area (Å²) in [6, 6.07) is 4.44. The van der Waals surface area contributed by atoms with Crippen molar-refractivity contribution >= 4 is 7.60 Å². The van der Waals surface area contributed by atoms with E-state index in [0.29, 0.717) is 5.56 Å². The van der Waals surface area contributed by atoms with E-state index in [1.165, 1.54) is 19.9 Å². The third kappa shape index (κ3) is 3.22.